The Hall–Kier alpha value is -2.36. The van der Waals surface area contributed by atoms with E-state index < -0.39 is 6.09 Å². The molecule has 3 rings (SSSR count). The molecule has 1 amide bonds. The van der Waals surface area contributed by atoms with Gasteiger partial charge in [0, 0.05) is 18.1 Å². The maximum Gasteiger partial charge on any atom is 0.411 e. The number of aromatic nitrogens is 1. The van der Waals surface area contributed by atoms with Gasteiger partial charge >= 0.3 is 6.09 Å². The fourth-order valence-corrected chi connectivity index (χ4v) is 2.60. The lowest BCUT2D eigenvalue weighted by molar-refractivity contribution is 0.159. The third kappa shape index (κ3) is 2.25. The predicted molar refractivity (Wildman–Crippen MR) is 78.2 cm³/mol. The number of carbonyl (C=O) groups is 1. The van der Waals surface area contributed by atoms with E-state index in [-0.39, 0.29) is 0 Å². The number of hydrogen-bond donors (Lipinski definition) is 1. The van der Waals surface area contributed by atoms with E-state index in [0.717, 1.165) is 28.6 Å². The molecule has 0 unspecified atom stereocenters. The summed E-state index contributed by atoms with van der Waals surface area (Å²) < 4.78 is 0. The van der Waals surface area contributed by atoms with Crippen LogP contribution in [0.1, 0.15) is 18.9 Å². The van der Waals surface area contributed by atoms with Crippen LogP contribution in [0.3, 0.4) is 0 Å². The van der Waals surface area contributed by atoms with Crippen molar-refractivity contribution in [3.63, 3.8) is 0 Å². The van der Waals surface area contributed by atoms with Crippen molar-refractivity contribution in [1.29, 1.82) is 0 Å². The molecule has 0 aliphatic carbocycles. The van der Waals surface area contributed by atoms with Gasteiger partial charge in [-0.1, -0.05) is 25.1 Å². The van der Waals surface area contributed by atoms with Gasteiger partial charge in [-0.15, -0.1) is 0 Å². The second-order valence-electron chi connectivity index (χ2n) is 5.23. The van der Waals surface area contributed by atoms with Crippen molar-refractivity contribution >= 4 is 22.7 Å². The van der Waals surface area contributed by atoms with Crippen LogP contribution in [-0.2, 0) is 0 Å². The van der Waals surface area contributed by atoms with Crippen LogP contribution in [0.2, 0.25) is 0 Å². The number of benzene rings is 1. The number of pyridine rings is 1. The van der Waals surface area contributed by atoms with Gasteiger partial charge in [0.15, 0.2) is 0 Å². The molecular weight excluding hydrogens is 252 g/mol. The van der Waals surface area contributed by atoms with E-state index in [1.807, 2.05) is 36.4 Å². The van der Waals surface area contributed by atoms with Crippen LogP contribution in [0.5, 0.6) is 0 Å². The highest BCUT2D eigenvalue weighted by atomic mass is 16.4. The fraction of sp³-hybridized carbons (Fsp3) is 0.250. The van der Waals surface area contributed by atoms with Crippen molar-refractivity contribution in [1.82, 2.24) is 9.88 Å². The SMILES string of the molecule is C[C@H]1CC=C(c2ccc3ncccc3c2)N(C(=O)O)C1. The Bertz CT molecular complexity index is 694. The zero-order valence-electron chi connectivity index (χ0n) is 11.3. The number of amides is 1. The van der Waals surface area contributed by atoms with Gasteiger partial charge in [-0.05, 0) is 36.1 Å². The van der Waals surface area contributed by atoms with Crippen LogP contribution < -0.4 is 0 Å². The van der Waals surface area contributed by atoms with Crippen LogP contribution in [-0.4, -0.2) is 27.6 Å². The van der Waals surface area contributed by atoms with Crippen molar-refractivity contribution in [2.45, 2.75) is 13.3 Å². The highest BCUT2D eigenvalue weighted by molar-refractivity contribution is 5.87. The first kappa shape index (κ1) is 12.7. The summed E-state index contributed by atoms with van der Waals surface area (Å²) in [5.41, 5.74) is 2.63. The Morgan fingerprint density at radius 2 is 2.25 bits per heavy atom. The molecule has 0 fully saturated rings. The molecule has 4 nitrogen and oxygen atoms in total. The van der Waals surface area contributed by atoms with Crippen molar-refractivity contribution in [2.24, 2.45) is 5.92 Å². The standard InChI is InChI=1S/C16H16N2O2/c1-11-4-7-15(18(10-11)16(19)20)13-5-6-14-12(9-13)3-2-8-17-14/h2-3,5-9,11H,4,10H2,1H3,(H,19,20)/t11-/m0/s1. The van der Waals surface area contributed by atoms with Gasteiger partial charge in [-0.2, -0.15) is 0 Å². The zero-order valence-corrected chi connectivity index (χ0v) is 11.3. The average Bonchev–Trinajstić information content (AvgIpc) is 2.46. The van der Waals surface area contributed by atoms with Gasteiger partial charge in [0.25, 0.3) is 0 Å². The molecular formula is C16H16N2O2. The van der Waals surface area contributed by atoms with Gasteiger partial charge in [0.1, 0.15) is 0 Å². The van der Waals surface area contributed by atoms with E-state index in [4.69, 9.17) is 0 Å². The molecule has 2 heterocycles. The third-order valence-electron chi connectivity index (χ3n) is 3.63. The monoisotopic (exact) mass is 268 g/mol. The molecule has 1 N–H and O–H groups in total. The third-order valence-corrected chi connectivity index (χ3v) is 3.63. The molecule has 0 bridgehead atoms. The summed E-state index contributed by atoms with van der Waals surface area (Å²) in [6, 6.07) is 9.75. The van der Waals surface area contributed by atoms with Gasteiger partial charge in [0.2, 0.25) is 0 Å². The first-order valence-corrected chi connectivity index (χ1v) is 6.71. The number of fused-ring (bicyclic) bond motifs is 1. The number of allylic oxidation sites excluding steroid dienone is 1. The molecule has 0 saturated carbocycles. The van der Waals surface area contributed by atoms with Crippen molar-refractivity contribution in [2.75, 3.05) is 6.54 Å². The van der Waals surface area contributed by atoms with E-state index in [2.05, 4.69) is 11.9 Å². The van der Waals surface area contributed by atoms with Crippen molar-refractivity contribution in [3.05, 3.63) is 48.2 Å². The summed E-state index contributed by atoms with van der Waals surface area (Å²) in [4.78, 5) is 17.1. The summed E-state index contributed by atoms with van der Waals surface area (Å²) >= 11 is 0. The Morgan fingerprint density at radius 3 is 3.05 bits per heavy atom. The molecule has 1 aromatic heterocycles. The maximum absolute atomic E-state index is 11.4. The lowest BCUT2D eigenvalue weighted by atomic mass is 9.98. The average molecular weight is 268 g/mol. The quantitative estimate of drug-likeness (QED) is 0.859. The number of rotatable bonds is 1. The normalized spacial score (nSPS) is 18.9. The molecule has 4 heteroatoms. The zero-order chi connectivity index (χ0) is 14.1. The van der Waals surface area contributed by atoms with Gasteiger partial charge in [-0.3, -0.25) is 9.88 Å². The lowest BCUT2D eigenvalue weighted by Gasteiger charge is -2.30. The molecule has 0 radical (unpaired) electrons. The highest BCUT2D eigenvalue weighted by Gasteiger charge is 2.24. The Labute approximate surface area is 117 Å². The molecule has 1 aliphatic rings. The predicted octanol–water partition coefficient (Wildman–Crippen LogP) is 3.60. The van der Waals surface area contributed by atoms with Crippen molar-refractivity contribution < 1.29 is 9.90 Å². The number of hydrogen-bond acceptors (Lipinski definition) is 2. The maximum atomic E-state index is 11.4. The molecule has 1 atom stereocenters. The first-order valence-electron chi connectivity index (χ1n) is 6.71. The minimum atomic E-state index is -0.894. The van der Waals surface area contributed by atoms with Crippen molar-refractivity contribution in [3.8, 4) is 0 Å². The van der Waals surface area contributed by atoms with Crippen LogP contribution in [0.4, 0.5) is 4.79 Å². The lowest BCUT2D eigenvalue weighted by Crippen LogP contribution is -2.34. The second-order valence-corrected chi connectivity index (χ2v) is 5.23. The summed E-state index contributed by atoms with van der Waals surface area (Å²) in [6.07, 6.45) is 3.78. The first-order chi connectivity index (χ1) is 9.65. The van der Waals surface area contributed by atoms with E-state index in [1.165, 1.54) is 4.90 Å². The van der Waals surface area contributed by atoms with Crippen LogP contribution in [0.15, 0.2) is 42.6 Å². The molecule has 2 aromatic rings. The highest BCUT2D eigenvalue weighted by Crippen LogP contribution is 2.29. The van der Waals surface area contributed by atoms with Gasteiger partial charge in [0.05, 0.1) is 11.2 Å². The largest absolute Gasteiger partial charge is 0.465 e. The topological polar surface area (TPSA) is 53.4 Å². The minimum absolute atomic E-state index is 0.358. The van der Waals surface area contributed by atoms with Crippen LogP contribution in [0.25, 0.3) is 16.6 Å². The molecule has 20 heavy (non-hydrogen) atoms. The van der Waals surface area contributed by atoms with E-state index in [9.17, 15) is 9.90 Å². The Morgan fingerprint density at radius 1 is 1.40 bits per heavy atom. The smallest absolute Gasteiger partial charge is 0.411 e. The molecule has 1 aromatic carbocycles. The van der Waals surface area contributed by atoms with E-state index in [0.29, 0.717) is 12.5 Å². The van der Waals surface area contributed by atoms with Crippen LogP contribution >= 0.6 is 0 Å². The fourth-order valence-electron chi connectivity index (χ4n) is 2.60. The summed E-state index contributed by atoms with van der Waals surface area (Å²) in [5.74, 6) is 0.358. The molecule has 102 valence electrons. The summed E-state index contributed by atoms with van der Waals surface area (Å²) in [5, 5.41) is 10.4. The van der Waals surface area contributed by atoms with E-state index in [1.54, 1.807) is 6.20 Å². The van der Waals surface area contributed by atoms with Crippen LogP contribution in [0, 0.1) is 5.92 Å². The number of carboxylic acid groups (broad SMARTS) is 1. The summed E-state index contributed by atoms with van der Waals surface area (Å²) in [7, 11) is 0. The molecule has 1 aliphatic heterocycles. The minimum Gasteiger partial charge on any atom is -0.465 e. The molecule has 0 saturated heterocycles. The number of nitrogens with zero attached hydrogens (tertiary/aromatic N) is 2. The Balaban J connectivity index is 2.06. The van der Waals surface area contributed by atoms with E-state index >= 15 is 0 Å². The van der Waals surface area contributed by atoms with Gasteiger partial charge < -0.3 is 5.11 Å². The Kier molecular flexibility index (Phi) is 3.14. The van der Waals surface area contributed by atoms with Gasteiger partial charge in [-0.25, -0.2) is 4.79 Å². The molecule has 0 spiro atoms. The summed E-state index contributed by atoms with van der Waals surface area (Å²) in [6.45, 7) is 2.61. The second kappa shape index (κ2) is 4.96.